The molecule has 0 saturated carbocycles. The highest BCUT2D eigenvalue weighted by molar-refractivity contribution is 5.80. The third-order valence-corrected chi connectivity index (χ3v) is 3.17. The highest BCUT2D eigenvalue weighted by atomic mass is 19.3. The molecule has 0 aromatic heterocycles. The predicted octanol–water partition coefficient (Wildman–Crippen LogP) is 2.64. The van der Waals surface area contributed by atoms with E-state index in [9.17, 15) is 23.7 Å². The van der Waals surface area contributed by atoms with E-state index in [1.165, 1.54) is 23.1 Å². The second-order valence-corrected chi connectivity index (χ2v) is 4.47. The van der Waals surface area contributed by atoms with Crippen LogP contribution in [-0.4, -0.2) is 30.2 Å². The van der Waals surface area contributed by atoms with Crippen LogP contribution in [0, 0.1) is 10.1 Å². The molecule has 2 rings (SSSR count). The number of anilines is 1. The molecule has 0 bridgehead atoms. The fourth-order valence-electron chi connectivity index (χ4n) is 2.10. The number of rotatable bonds is 3. The summed E-state index contributed by atoms with van der Waals surface area (Å²) in [5, 5.41) is 10.9. The number of nitro groups is 1. The standard InChI is InChI=1S/C12H12F2N2O3/c13-12(14)3-5-15(6-4-12)11-7-9(8-17)1-2-10(11)16(18)19/h1-2,7-8H,3-6H2. The second kappa shape index (κ2) is 4.91. The Hall–Kier alpha value is -2.05. The zero-order chi connectivity index (χ0) is 14.0. The van der Waals surface area contributed by atoms with Gasteiger partial charge in [0.15, 0.2) is 0 Å². The first-order valence-electron chi connectivity index (χ1n) is 5.79. The van der Waals surface area contributed by atoms with Crippen LogP contribution in [0.15, 0.2) is 18.2 Å². The number of carbonyl (C=O) groups excluding carboxylic acids is 1. The summed E-state index contributed by atoms with van der Waals surface area (Å²) in [5.74, 6) is -2.71. The van der Waals surface area contributed by atoms with Gasteiger partial charge in [0.25, 0.3) is 11.6 Å². The number of hydrogen-bond donors (Lipinski definition) is 0. The van der Waals surface area contributed by atoms with Crippen LogP contribution in [0.5, 0.6) is 0 Å². The molecule has 0 amide bonds. The Balaban J connectivity index is 2.32. The number of benzene rings is 1. The van der Waals surface area contributed by atoms with Crippen LogP contribution in [0.2, 0.25) is 0 Å². The van der Waals surface area contributed by atoms with Crippen molar-refractivity contribution in [2.45, 2.75) is 18.8 Å². The molecule has 1 aliphatic heterocycles. The van der Waals surface area contributed by atoms with Crippen LogP contribution < -0.4 is 4.90 Å². The lowest BCUT2D eigenvalue weighted by molar-refractivity contribution is -0.384. The lowest BCUT2D eigenvalue weighted by Crippen LogP contribution is -2.39. The molecule has 1 aliphatic rings. The minimum Gasteiger partial charge on any atom is -0.366 e. The summed E-state index contributed by atoms with van der Waals surface area (Å²) >= 11 is 0. The summed E-state index contributed by atoms with van der Waals surface area (Å²) in [7, 11) is 0. The van der Waals surface area contributed by atoms with Crippen molar-refractivity contribution >= 4 is 17.7 Å². The van der Waals surface area contributed by atoms with Gasteiger partial charge in [-0.15, -0.1) is 0 Å². The number of hydrogen-bond acceptors (Lipinski definition) is 4. The van der Waals surface area contributed by atoms with Gasteiger partial charge in [-0.3, -0.25) is 14.9 Å². The highest BCUT2D eigenvalue weighted by Gasteiger charge is 2.35. The molecular formula is C12H12F2N2O3. The van der Waals surface area contributed by atoms with Crippen LogP contribution in [0.4, 0.5) is 20.2 Å². The SMILES string of the molecule is O=Cc1ccc([N+](=O)[O-])c(N2CCC(F)(F)CC2)c1. The van der Waals surface area contributed by atoms with Gasteiger partial charge in [-0.2, -0.15) is 0 Å². The molecule has 1 aromatic carbocycles. The normalized spacial score (nSPS) is 18.1. The topological polar surface area (TPSA) is 63.4 Å². The molecule has 0 radical (unpaired) electrons. The van der Waals surface area contributed by atoms with Crippen LogP contribution in [-0.2, 0) is 0 Å². The van der Waals surface area contributed by atoms with Crippen molar-refractivity contribution < 1.29 is 18.5 Å². The van der Waals surface area contributed by atoms with Gasteiger partial charge in [0.05, 0.1) is 4.92 Å². The summed E-state index contributed by atoms with van der Waals surface area (Å²) in [4.78, 5) is 22.6. The second-order valence-electron chi connectivity index (χ2n) is 4.47. The number of nitrogens with zero attached hydrogens (tertiary/aromatic N) is 2. The van der Waals surface area contributed by atoms with Crippen molar-refractivity contribution in [2.75, 3.05) is 18.0 Å². The number of piperidine rings is 1. The lowest BCUT2D eigenvalue weighted by Gasteiger charge is -2.33. The van der Waals surface area contributed by atoms with E-state index in [1.54, 1.807) is 0 Å². The van der Waals surface area contributed by atoms with E-state index >= 15 is 0 Å². The van der Waals surface area contributed by atoms with Gasteiger partial charge in [-0.1, -0.05) is 0 Å². The average Bonchev–Trinajstić information content (AvgIpc) is 2.38. The van der Waals surface area contributed by atoms with E-state index in [1.807, 2.05) is 0 Å². The van der Waals surface area contributed by atoms with Crippen molar-refractivity contribution in [1.29, 1.82) is 0 Å². The van der Waals surface area contributed by atoms with E-state index in [2.05, 4.69) is 0 Å². The molecule has 0 spiro atoms. The van der Waals surface area contributed by atoms with Crippen molar-refractivity contribution in [2.24, 2.45) is 0 Å². The molecule has 19 heavy (non-hydrogen) atoms. The number of aldehydes is 1. The van der Waals surface area contributed by atoms with E-state index in [0.29, 0.717) is 6.29 Å². The molecule has 102 valence electrons. The Morgan fingerprint density at radius 2 is 1.95 bits per heavy atom. The van der Waals surface area contributed by atoms with E-state index in [-0.39, 0.29) is 42.9 Å². The molecule has 7 heteroatoms. The molecule has 0 unspecified atom stereocenters. The van der Waals surface area contributed by atoms with Crippen molar-refractivity contribution in [1.82, 2.24) is 0 Å². The number of nitro benzene ring substituents is 1. The van der Waals surface area contributed by atoms with Gasteiger partial charge < -0.3 is 4.90 Å². The van der Waals surface area contributed by atoms with Crippen LogP contribution in [0.25, 0.3) is 0 Å². The zero-order valence-corrected chi connectivity index (χ0v) is 10.0. The van der Waals surface area contributed by atoms with E-state index in [4.69, 9.17) is 0 Å². The largest absolute Gasteiger partial charge is 0.366 e. The summed E-state index contributed by atoms with van der Waals surface area (Å²) in [6.07, 6.45) is -0.100. The Kier molecular flexibility index (Phi) is 3.46. The van der Waals surface area contributed by atoms with Crippen LogP contribution >= 0.6 is 0 Å². The van der Waals surface area contributed by atoms with Gasteiger partial charge in [0.2, 0.25) is 0 Å². The maximum atomic E-state index is 13.1. The first-order valence-corrected chi connectivity index (χ1v) is 5.79. The number of halogens is 2. The van der Waals surface area contributed by atoms with Gasteiger partial charge in [0.1, 0.15) is 12.0 Å². The molecule has 1 heterocycles. The lowest BCUT2D eigenvalue weighted by atomic mass is 10.0. The molecule has 0 aliphatic carbocycles. The van der Waals surface area contributed by atoms with Crippen LogP contribution in [0.1, 0.15) is 23.2 Å². The Bertz CT molecular complexity index is 510. The average molecular weight is 270 g/mol. The minimum atomic E-state index is -2.71. The fourth-order valence-corrected chi connectivity index (χ4v) is 2.10. The van der Waals surface area contributed by atoms with E-state index < -0.39 is 10.8 Å². The van der Waals surface area contributed by atoms with E-state index in [0.717, 1.165) is 0 Å². The Morgan fingerprint density at radius 3 is 2.47 bits per heavy atom. The molecule has 1 aromatic rings. The van der Waals surface area contributed by atoms with Gasteiger partial charge in [-0.05, 0) is 12.1 Å². The van der Waals surface area contributed by atoms with Crippen LogP contribution in [0.3, 0.4) is 0 Å². The molecule has 0 N–H and O–H groups in total. The highest BCUT2D eigenvalue weighted by Crippen LogP contribution is 2.35. The molecule has 1 saturated heterocycles. The first kappa shape index (κ1) is 13.4. The van der Waals surface area contributed by atoms with Gasteiger partial charge in [-0.25, -0.2) is 8.78 Å². The minimum absolute atomic E-state index is 0.0378. The fraction of sp³-hybridized carbons (Fsp3) is 0.417. The quantitative estimate of drug-likeness (QED) is 0.481. The first-order chi connectivity index (χ1) is 8.93. The summed E-state index contributed by atoms with van der Waals surface area (Å²) in [6, 6.07) is 3.94. The summed E-state index contributed by atoms with van der Waals surface area (Å²) in [5.41, 5.74) is 0.346. The molecule has 0 atom stereocenters. The maximum absolute atomic E-state index is 13.1. The van der Waals surface area contributed by atoms with Crippen molar-refractivity contribution in [3.05, 3.63) is 33.9 Å². The van der Waals surface area contributed by atoms with Crippen molar-refractivity contribution in [3.63, 3.8) is 0 Å². The third-order valence-electron chi connectivity index (χ3n) is 3.17. The number of alkyl halides is 2. The maximum Gasteiger partial charge on any atom is 0.292 e. The van der Waals surface area contributed by atoms with Gasteiger partial charge >= 0.3 is 0 Å². The molecular weight excluding hydrogens is 258 g/mol. The third kappa shape index (κ3) is 2.86. The summed E-state index contributed by atoms with van der Waals surface area (Å²) in [6.45, 7) is 0.0757. The Morgan fingerprint density at radius 1 is 1.32 bits per heavy atom. The molecule has 1 fully saturated rings. The smallest absolute Gasteiger partial charge is 0.292 e. The van der Waals surface area contributed by atoms with Gasteiger partial charge in [0, 0.05) is 37.6 Å². The zero-order valence-electron chi connectivity index (χ0n) is 10.0. The Labute approximate surface area is 108 Å². The molecule has 5 nitrogen and oxygen atoms in total. The van der Waals surface area contributed by atoms with Crippen molar-refractivity contribution in [3.8, 4) is 0 Å². The monoisotopic (exact) mass is 270 g/mol. The number of carbonyl (C=O) groups is 1. The summed E-state index contributed by atoms with van der Waals surface area (Å²) < 4.78 is 26.2. The predicted molar refractivity (Wildman–Crippen MR) is 64.9 cm³/mol.